The highest BCUT2D eigenvalue weighted by atomic mass is 16.4. The fourth-order valence-corrected chi connectivity index (χ4v) is 1.32. The van der Waals surface area contributed by atoms with Crippen molar-refractivity contribution in [2.24, 2.45) is 0 Å². The number of carboxylic acid groups (broad SMARTS) is 2. The summed E-state index contributed by atoms with van der Waals surface area (Å²) in [5.41, 5.74) is 0. The molecule has 21 heavy (non-hydrogen) atoms. The Morgan fingerprint density at radius 1 is 0.619 bits per heavy atom. The summed E-state index contributed by atoms with van der Waals surface area (Å²) in [5, 5.41) is 24.8. The molecular formula is C12H21N3O6. The van der Waals surface area contributed by atoms with E-state index in [9.17, 15) is 19.2 Å². The van der Waals surface area contributed by atoms with Crippen molar-refractivity contribution in [1.82, 2.24) is 16.0 Å². The van der Waals surface area contributed by atoms with E-state index in [1.807, 2.05) is 0 Å². The van der Waals surface area contributed by atoms with Crippen LogP contribution in [0.2, 0.25) is 0 Å². The van der Waals surface area contributed by atoms with E-state index < -0.39 is 11.9 Å². The molecule has 0 aromatic rings. The van der Waals surface area contributed by atoms with E-state index in [0.717, 1.165) is 0 Å². The molecule has 0 aliphatic carbocycles. The smallest absolute Gasteiger partial charge is 0.303 e. The fourth-order valence-electron chi connectivity index (χ4n) is 1.32. The van der Waals surface area contributed by atoms with E-state index in [1.165, 1.54) is 0 Å². The maximum atomic E-state index is 11.1. The highest BCUT2D eigenvalue weighted by Gasteiger charge is 2.05. The zero-order valence-corrected chi connectivity index (χ0v) is 11.7. The number of hydrogen-bond acceptors (Lipinski definition) is 5. The third-order valence-electron chi connectivity index (χ3n) is 2.38. The second kappa shape index (κ2) is 11.6. The first kappa shape index (κ1) is 18.8. The Bertz CT molecular complexity index is 338. The molecule has 120 valence electrons. The van der Waals surface area contributed by atoms with Gasteiger partial charge in [0.1, 0.15) is 0 Å². The lowest BCUT2D eigenvalue weighted by atomic mass is 10.3. The van der Waals surface area contributed by atoms with E-state index in [4.69, 9.17) is 10.2 Å². The molecule has 0 saturated heterocycles. The molecule has 0 aliphatic rings. The lowest BCUT2D eigenvalue weighted by Gasteiger charge is -2.07. The summed E-state index contributed by atoms with van der Waals surface area (Å²) in [5.74, 6) is -2.66. The van der Waals surface area contributed by atoms with Crippen molar-refractivity contribution in [2.45, 2.75) is 25.7 Å². The summed E-state index contributed by atoms with van der Waals surface area (Å²) in [6.45, 7) is 1.71. The van der Waals surface area contributed by atoms with Gasteiger partial charge in [0.2, 0.25) is 11.8 Å². The normalized spacial score (nSPS) is 9.90. The first-order chi connectivity index (χ1) is 9.91. The van der Waals surface area contributed by atoms with Crippen LogP contribution >= 0.6 is 0 Å². The number of hydrogen-bond donors (Lipinski definition) is 5. The average Bonchev–Trinajstić information content (AvgIpc) is 2.41. The summed E-state index contributed by atoms with van der Waals surface area (Å²) < 4.78 is 0. The molecule has 0 heterocycles. The molecule has 9 heteroatoms. The van der Waals surface area contributed by atoms with Gasteiger partial charge in [-0.15, -0.1) is 0 Å². The molecule has 0 spiro atoms. The van der Waals surface area contributed by atoms with Gasteiger partial charge in [-0.05, 0) is 0 Å². The van der Waals surface area contributed by atoms with E-state index in [0.29, 0.717) is 26.2 Å². The Balaban J connectivity index is 3.36. The second-order valence-electron chi connectivity index (χ2n) is 4.24. The van der Waals surface area contributed by atoms with Gasteiger partial charge in [-0.3, -0.25) is 19.2 Å². The van der Waals surface area contributed by atoms with Crippen LogP contribution in [0.3, 0.4) is 0 Å². The first-order valence-electron chi connectivity index (χ1n) is 6.59. The van der Waals surface area contributed by atoms with Crippen molar-refractivity contribution in [3.8, 4) is 0 Å². The maximum absolute atomic E-state index is 11.1. The Morgan fingerprint density at radius 3 is 1.33 bits per heavy atom. The molecule has 0 unspecified atom stereocenters. The Hall–Kier alpha value is -2.16. The van der Waals surface area contributed by atoms with E-state index in [2.05, 4.69) is 16.0 Å². The minimum Gasteiger partial charge on any atom is -0.481 e. The minimum absolute atomic E-state index is 0.0467. The molecule has 0 atom stereocenters. The van der Waals surface area contributed by atoms with Crippen molar-refractivity contribution in [3.05, 3.63) is 0 Å². The van der Waals surface area contributed by atoms with Gasteiger partial charge in [-0.1, -0.05) is 0 Å². The number of aliphatic carboxylic acids is 2. The number of carbonyl (C=O) groups excluding carboxylic acids is 2. The molecule has 0 aliphatic heterocycles. The number of carboxylic acids is 2. The number of rotatable bonds is 12. The zero-order chi connectivity index (χ0) is 16.1. The molecule has 0 saturated carbocycles. The third kappa shape index (κ3) is 14.1. The van der Waals surface area contributed by atoms with Gasteiger partial charge in [0, 0.05) is 39.0 Å². The van der Waals surface area contributed by atoms with Gasteiger partial charge in [0.15, 0.2) is 0 Å². The molecule has 0 fully saturated rings. The maximum Gasteiger partial charge on any atom is 0.303 e. The highest BCUT2D eigenvalue weighted by molar-refractivity contribution is 5.81. The quantitative estimate of drug-likeness (QED) is 0.277. The first-order valence-corrected chi connectivity index (χ1v) is 6.59. The minimum atomic E-state index is -1.01. The van der Waals surface area contributed by atoms with Gasteiger partial charge in [-0.2, -0.15) is 0 Å². The standard InChI is InChI=1S/C12H21N3O6/c16-9(1-3-11(18)19)14-7-5-13-6-8-15-10(17)2-4-12(20)21/h13H,1-8H2,(H,14,16)(H,15,17)(H,18,19)(H,20,21). The molecule has 2 amide bonds. The van der Waals surface area contributed by atoms with Crippen LogP contribution in [-0.4, -0.2) is 60.1 Å². The molecule has 0 aromatic heterocycles. The van der Waals surface area contributed by atoms with Crippen LogP contribution in [-0.2, 0) is 19.2 Å². The Labute approximate surface area is 122 Å². The summed E-state index contributed by atoms with van der Waals surface area (Å²) in [6.07, 6.45) is -0.479. The predicted molar refractivity (Wildman–Crippen MR) is 72.6 cm³/mol. The number of amides is 2. The zero-order valence-electron chi connectivity index (χ0n) is 11.7. The van der Waals surface area contributed by atoms with Gasteiger partial charge in [0.05, 0.1) is 12.8 Å². The van der Waals surface area contributed by atoms with Crippen molar-refractivity contribution in [2.75, 3.05) is 26.2 Å². The highest BCUT2D eigenvalue weighted by Crippen LogP contribution is 1.88. The van der Waals surface area contributed by atoms with Crippen molar-refractivity contribution in [1.29, 1.82) is 0 Å². The molecule has 5 N–H and O–H groups in total. The monoisotopic (exact) mass is 303 g/mol. The molecule has 9 nitrogen and oxygen atoms in total. The SMILES string of the molecule is O=C(O)CCC(=O)NCCNCCNC(=O)CCC(=O)O. The molecular weight excluding hydrogens is 282 g/mol. The largest absolute Gasteiger partial charge is 0.481 e. The van der Waals surface area contributed by atoms with Gasteiger partial charge in [-0.25, -0.2) is 0 Å². The molecule has 0 bridgehead atoms. The molecule has 0 radical (unpaired) electrons. The van der Waals surface area contributed by atoms with Crippen LogP contribution < -0.4 is 16.0 Å². The van der Waals surface area contributed by atoms with Crippen LogP contribution in [0.15, 0.2) is 0 Å². The van der Waals surface area contributed by atoms with E-state index in [1.54, 1.807) is 0 Å². The lowest BCUT2D eigenvalue weighted by Crippen LogP contribution is -2.36. The second-order valence-corrected chi connectivity index (χ2v) is 4.24. The van der Waals surface area contributed by atoms with Crippen molar-refractivity contribution >= 4 is 23.8 Å². The van der Waals surface area contributed by atoms with Gasteiger partial charge in [0.25, 0.3) is 0 Å². The Morgan fingerprint density at radius 2 is 1.00 bits per heavy atom. The van der Waals surface area contributed by atoms with Crippen LogP contribution in [0.25, 0.3) is 0 Å². The van der Waals surface area contributed by atoms with Crippen LogP contribution in [0.4, 0.5) is 0 Å². The topological polar surface area (TPSA) is 145 Å². The average molecular weight is 303 g/mol. The van der Waals surface area contributed by atoms with Gasteiger partial charge >= 0.3 is 11.9 Å². The lowest BCUT2D eigenvalue weighted by molar-refractivity contribution is -0.139. The van der Waals surface area contributed by atoms with Crippen LogP contribution in [0.5, 0.6) is 0 Å². The molecule has 0 rings (SSSR count). The molecule has 0 aromatic carbocycles. The van der Waals surface area contributed by atoms with Crippen molar-refractivity contribution < 1.29 is 29.4 Å². The van der Waals surface area contributed by atoms with E-state index >= 15 is 0 Å². The summed E-state index contributed by atoms with van der Waals surface area (Å²) in [7, 11) is 0. The Kier molecular flexibility index (Phi) is 10.5. The fraction of sp³-hybridized carbons (Fsp3) is 0.667. The van der Waals surface area contributed by atoms with Crippen LogP contribution in [0.1, 0.15) is 25.7 Å². The third-order valence-corrected chi connectivity index (χ3v) is 2.38. The summed E-state index contributed by atoms with van der Waals surface area (Å²) >= 11 is 0. The summed E-state index contributed by atoms with van der Waals surface area (Å²) in [4.78, 5) is 42.8. The van der Waals surface area contributed by atoms with Crippen molar-refractivity contribution in [3.63, 3.8) is 0 Å². The van der Waals surface area contributed by atoms with Crippen LogP contribution in [0, 0.1) is 0 Å². The number of carbonyl (C=O) groups is 4. The summed E-state index contributed by atoms with van der Waals surface area (Å²) in [6, 6.07) is 0. The van der Waals surface area contributed by atoms with Gasteiger partial charge < -0.3 is 26.2 Å². The predicted octanol–water partition coefficient (Wildman–Crippen LogP) is -1.46. The number of nitrogens with one attached hydrogen (secondary N) is 3. The van der Waals surface area contributed by atoms with E-state index in [-0.39, 0.29) is 37.5 Å².